The van der Waals surface area contributed by atoms with E-state index in [0.717, 1.165) is 82.5 Å². The molecule has 0 aliphatic carbocycles. The van der Waals surface area contributed by atoms with E-state index in [2.05, 4.69) is 41.1 Å². The number of piperazine rings is 1. The van der Waals surface area contributed by atoms with Crippen LogP contribution in [0.15, 0.2) is 23.2 Å². The van der Waals surface area contributed by atoms with E-state index in [4.69, 9.17) is 14.5 Å². The van der Waals surface area contributed by atoms with Crippen molar-refractivity contribution in [2.75, 3.05) is 60.1 Å². The smallest absolute Gasteiger partial charge is 0.194 e. The van der Waals surface area contributed by atoms with E-state index in [0.29, 0.717) is 5.92 Å². The van der Waals surface area contributed by atoms with E-state index < -0.39 is 0 Å². The minimum atomic E-state index is 0.242. The maximum Gasteiger partial charge on any atom is 0.194 e. The zero-order valence-electron chi connectivity index (χ0n) is 19.2. The number of nitrogens with zero attached hydrogens (tertiary/aromatic N) is 3. The number of ether oxygens (including phenoxy) is 2. The monoisotopic (exact) mass is 420 g/mol. The topological polar surface area (TPSA) is 69.6 Å². The van der Waals surface area contributed by atoms with Crippen LogP contribution in [0.4, 0.5) is 0 Å². The zero-order chi connectivity index (χ0) is 21.8. The van der Waals surface area contributed by atoms with Crippen LogP contribution < -0.4 is 14.8 Å². The SMILES string of the molecule is CCCC(CCO)CN=C(NCC)N1CCN(Cc2ccc(OC)c(OC)c2)CC1. The summed E-state index contributed by atoms with van der Waals surface area (Å²) in [6.45, 7) is 11.0. The van der Waals surface area contributed by atoms with Crippen LogP contribution in [0.25, 0.3) is 0 Å². The van der Waals surface area contributed by atoms with Gasteiger partial charge in [0.25, 0.3) is 0 Å². The van der Waals surface area contributed by atoms with Crippen LogP contribution in [0, 0.1) is 5.92 Å². The molecule has 1 aromatic rings. The minimum absolute atomic E-state index is 0.242. The summed E-state index contributed by atoms with van der Waals surface area (Å²) in [6.07, 6.45) is 3.07. The highest BCUT2D eigenvalue weighted by molar-refractivity contribution is 5.80. The van der Waals surface area contributed by atoms with Gasteiger partial charge in [-0.05, 0) is 43.4 Å². The third-order valence-corrected chi connectivity index (χ3v) is 5.59. The summed E-state index contributed by atoms with van der Waals surface area (Å²) < 4.78 is 10.8. The lowest BCUT2D eigenvalue weighted by Crippen LogP contribution is -2.52. The van der Waals surface area contributed by atoms with Crippen molar-refractivity contribution in [3.05, 3.63) is 23.8 Å². The molecule has 30 heavy (non-hydrogen) atoms. The molecule has 1 unspecified atom stereocenters. The molecule has 1 aliphatic heterocycles. The third kappa shape index (κ3) is 7.36. The normalized spacial score (nSPS) is 16.4. The van der Waals surface area contributed by atoms with Crippen molar-refractivity contribution < 1.29 is 14.6 Å². The molecule has 7 nitrogen and oxygen atoms in total. The zero-order valence-corrected chi connectivity index (χ0v) is 19.2. The van der Waals surface area contributed by atoms with Gasteiger partial charge >= 0.3 is 0 Å². The summed E-state index contributed by atoms with van der Waals surface area (Å²) in [5.74, 6) is 3.00. The number of aliphatic hydroxyl groups is 1. The summed E-state index contributed by atoms with van der Waals surface area (Å²) in [5.41, 5.74) is 1.23. The number of aliphatic hydroxyl groups excluding tert-OH is 1. The number of methoxy groups -OCH3 is 2. The highest BCUT2D eigenvalue weighted by atomic mass is 16.5. The highest BCUT2D eigenvalue weighted by Gasteiger charge is 2.20. The van der Waals surface area contributed by atoms with Gasteiger partial charge < -0.3 is 24.8 Å². The van der Waals surface area contributed by atoms with E-state index in [1.165, 1.54) is 5.56 Å². The lowest BCUT2D eigenvalue weighted by molar-refractivity contribution is 0.172. The van der Waals surface area contributed by atoms with Crippen molar-refractivity contribution in [2.24, 2.45) is 10.9 Å². The van der Waals surface area contributed by atoms with Gasteiger partial charge in [0.05, 0.1) is 14.2 Å². The quantitative estimate of drug-likeness (QED) is 0.424. The molecule has 1 heterocycles. The van der Waals surface area contributed by atoms with Gasteiger partial charge in [-0.3, -0.25) is 9.89 Å². The van der Waals surface area contributed by atoms with Crippen LogP contribution in [0.1, 0.15) is 38.7 Å². The van der Waals surface area contributed by atoms with Crippen LogP contribution in [-0.4, -0.2) is 81.0 Å². The molecule has 1 saturated heterocycles. The minimum Gasteiger partial charge on any atom is -0.493 e. The van der Waals surface area contributed by atoms with E-state index in [9.17, 15) is 5.11 Å². The molecule has 0 saturated carbocycles. The van der Waals surface area contributed by atoms with Crippen molar-refractivity contribution in [1.82, 2.24) is 15.1 Å². The molecular weight excluding hydrogens is 380 g/mol. The standard InChI is InChI=1S/C23H40N4O3/c1-5-7-19(10-15-28)17-25-23(24-6-2)27-13-11-26(12-14-27)18-20-8-9-21(29-3)22(16-20)30-4/h8-9,16,19,28H,5-7,10-15,17-18H2,1-4H3,(H,24,25). The summed E-state index contributed by atoms with van der Waals surface area (Å²) >= 11 is 0. The van der Waals surface area contributed by atoms with Gasteiger partial charge in [-0.1, -0.05) is 19.4 Å². The predicted octanol–water partition coefficient (Wildman–Crippen LogP) is 2.59. The number of rotatable bonds is 11. The summed E-state index contributed by atoms with van der Waals surface area (Å²) in [6, 6.07) is 6.14. The Hall–Kier alpha value is -1.99. The first-order valence-electron chi connectivity index (χ1n) is 11.2. The molecule has 0 amide bonds. The molecule has 2 rings (SSSR count). The van der Waals surface area contributed by atoms with Gasteiger partial charge in [0.1, 0.15) is 0 Å². The molecule has 1 aliphatic rings. The Labute approximate surface area is 182 Å². The van der Waals surface area contributed by atoms with E-state index in [1.54, 1.807) is 14.2 Å². The Morgan fingerprint density at radius 2 is 1.83 bits per heavy atom. The molecule has 1 atom stereocenters. The fourth-order valence-corrected chi connectivity index (χ4v) is 3.91. The molecule has 1 aromatic carbocycles. The number of aliphatic imine (C=N–C) groups is 1. The molecule has 7 heteroatoms. The summed E-state index contributed by atoms with van der Waals surface area (Å²) in [5, 5.41) is 12.7. The van der Waals surface area contributed by atoms with Gasteiger partial charge in [0.2, 0.25) is 0 Å². The summed E-state index contributed by atoms with van der Waals surface area (Å²) in [7, 11) is 3.34. The van der Waals surface area contributed by atoms with Crippen LogP contribution in [0.5, 0.6) is 11.5 Å². The van der Waals surface area contributed by atoms with Gasteiger partial charge in [-0.25, -0.2) is 0 Å². The Bertz CT molecular complexity index is 639. The van der Waals surface area contributed by atoms with Crippen LogP contribution in [0.3, 0.4) is 0 Å². The molecule has 0 aromatic heterocycles. The average Bonchev–Trinajstić information content (AvgIpc) is 2.77. The second-order valence-electron chi connectivity index (χ2n) is 7.81. The van der Waals surface area contributed by atoms with E-state index in [-0.39, 0.29) is 6.61 Å². The number of hydrogen-bond donors (Lipinski definition) is 2. The first-order chi connectivity index (χ1) is 14.6. The Kier molecular flexibility index (Phi) is 10.8. The molecule has 0 bridgehead atoms. The Morgan fingerprint density at radius 1 is 1.10 bits per heavy atom. The number of hydrogen-bond acceptors (Lipinski definition) is 5. The molecule has 2 N–H and O–H groups in total. The predicted molar refractivity (Wildman–Crippen MR) is 122 cm³/mol. The third-order valence-electron chi connectivity index (χ3n) is 5.59. The molecule has 0 spiro atoms. The summed E-state index contributed by atoms with van der Waals surface area (Å²) in [4.78, 5) is 9.72. The lowest BCUT2D eigenvalue weighted by Gasteiger charge is -2.36. The van der Waals surface area contributed by atoms with Crippen molar-refractivity contribution in [3.63, 3.8) is 0 Å². The first-order valence-corrected chi connectivity index (χ1v) is 11.2. The second-order valence-corrected chi connectivity index (χ2v) is 7.81. The molecule has 170 valence electrons. The lowest BCUT2D eigenvalue weighted by atomic mass is 10.0. The average molecular weight is 421 g/mol. The van der Waals surface area contributed by atoms with Crippen molar-refractivity contribution in [2.45, 2.75) is 39.7 Å². The molecule has 1 fully saturated rings. The van der Waals surface area contributed by atoms with E-state index >= 15 is 0 Å². The number of nitrogens with one attached hydrogen (secondary N) is 1. The largest absolute Gasteiger partial charge is 0.493 e. The fraction of sp³-hybridized carbons (Fsp3) is 0.696. The van der Waals surface area contributed by atoms with Crippen molar-refractivity contribution >= 4 is 5.96 Å². The van der Waals surface area contributed by atoms with E-state index in [1.807, 2.05) is 6.07 Å². The van der Waals surface area contributed by atoms with Gasteiger partial charge in [-0.2, -0.15) is 0 Å². The fourth-order valence-electron chi connectivity index (χ4n) is 3.91. The van der Waals surface area contributed by atoms with Gasteiger partial charge in [-0.15, -0.1) is 0 Å². The second kappa shape index (κ2) is 13.3. The van der Waals surface area contributed by atoms with Gasteiger partial charge in [0.15, 0.2) is 17.5 Å². The maximum absolute atomic E-state index is 9.30. The highest BCUT2D eigenvalue weighted by Crippen LogP contribution is 2.28. The number of benzene rings is 1. The van der Waals surface area contributed by atoms with Crippen LogP contribution in [0.2, 0.25) is 0 Å². The van der Waals surface area contributed by atoms with Gasteiger partial charge in [0, 0.05) is 52.4 Å². The Morgan fingerprint density at radius 3 is 2.43 bits per heavy atom. The number of guanidine groups is 1. The van der Waals surface area contributed by atoms with Crippen LogP contribution >= 0.6 is 0 Å². The van der Waals surface area contributed by atoms with Crippen LogP contribution in [-0.2, 0) is 6.54 Å². The maximum atomic E-state index is 9.30. The Balaban J connectivity index is 1.92. The first kappa shape index (κ1) is 24.3. The van der Waals surface area contributed by atoms with Crippen molar-refractivity contribution in [1.29, 1.82) is 0 Å². The molecular formula is C23H40N4O3. The van der Waals surface area contributed by atoms with Crippen molar-refractivity contribution in [3.8, 4) is 11.5 Å². The molecule has 0 radical (unpaired) electrons.